The molecule has 1 aromatic heterocycles. The number of amides is 1. The van der Waals surface area contributed by atoms with Gasteiger partial charge in [0.05, 0.1) is 20.3 Å². The van der Waals surface area contributed by atoms with Crippen molar-refractivity contribution in [1.82, 2.24) is 15.1 Å². The largest absolute Gasteiger partial charge is 0.497 e. The number of methoxy groups -OCH3 is 1. The third-order valence-electron chi connectivity index (χ3n) is 4.87. The maximum atomic E-state index is 13.0. The van der Waals surface area contributed by atoms with Crippen LogP contribution < -0.4 is 4.74 Å². The molecule has 1 aliphatic heterocycles. The van der Waals surface area contributed by atoms with E-state index in [1.165, 1.54) is 0 Å². The van der Waals surface area contributed by atoms with Crippen LogP contribution in [0.25, 0.3) is 0 Å². The number of morpholine rings is 1. The van der Waals surface area contributed by atoms with Gasteiger partial charge in [-0.15, -0.1) is 10.2 Å². The zero-order valence-electron chi connectivity index (χ0n) is 14.3. The van der Waals surface area contributed by atoms with Gasteiger partial charge in [0.2, 0.25) is 17.7 Å². The van der Waals surface area contributed by atoms with Crippen molar-refractivity contribution >= 4 is 5.91 Å². The highest BCUT2D eigenvalue weighted by Gasteiger charge is 2.48. The van der Waals surface area contributed by atoms with Crippen molar-refractivity contribution in [3.63, 3.8) is 0 Å². The molecule has 4 rings (SSSR count). The Morgan fingerprint density at radius 2 is 2.24 bits per heavy atom. The van der Waals surface area contributed by atoms with E-state index >= 15 is 0 Å². The van der Waals surface area contributed by atoms with E-state index in [0.29, 0.717) is 31.5 Å². The fourth-order valence-electron chi connectivity index (χ4n) is 3.44. The SMILES string of the molecule is COc1cccc([C@@H]2C[C@H]2C(=O)N2CCOC[C@@H]2c2nnc(C)o2)c1. The Morgan fingerprint density at radius 3 is 3.00 bits per heavy atom. The molecule has 25 heavy (non-hydrogen) atoms. The summed E-state index contributed by atoms with van der Waals surface area (Å²) in [5.41, 5.74) is 1.15. The topological polar surface area (TPSA) is 77.7 Å². The second-order valence-corrected chi connectivity index (χ2v) is 6.51. The van der Waals surface area contributed by atoms with Crippen LogP contribution in [0.4, 0.5) is 0 Å². The summed E-state index contributed by atoms with van der Waals surface area (Å²) in [4.78, 5) is 14.9. The smallest absolute Gasteiger partial charge is 0.241 e. The molecule has 1 amide bonds. The number of benzene rings is 1. The third-order valence-corrected chi connectivity index (χ3v) is 4.87. The fraction of sp³-hybridized carbons (Fsp3) is 0.500. The van der Waals surface area contributed by atoms with Gasteiger partial charge in [-0.1, -0.05) is 12.1 Å². The number of hydrogen-bond acceptors (Lipinski definition) is 6. The molecule has 2 aliphatic rings. The second-order valence-electron chi connectivity index (χ2n) is 6.51. The van der Waals surface area contributed by atoms with Gasteiger partial charge in [0, 0.05) is 19.4 Å². The van der Waals surface area contributed by atoms with Gasteiger partial charge in [-0.2, -0.15) is 0 Å². The second kappa shape index (κ2) is 6.48. The fourth-order valence-corrected chi connectivity index (χ4v) is 3.44. The molecule has 0 radical (unpaired) electrons. The molecule has 3 atom stereocenters. The predicted molar refractivity (Wildman–Crippen MR) is 88.2 cm³/mol. The molecular weight excluding hydrogens is 322 g/mol. The summed E-state index contributed by atoms with van der Waals surface area (Å²) in [6.07, 6.45) is 0.860. The van der Waals surface area contributed by atoms with Crippen LogP contribution in [0.3, 0.4) is 0 Å². The molecule has 1 aliphatic carbocycles. The van der Waals surface area contributed by atoms with Crippen molar-refractivity contribution in [3.8, 4) is 5.75 Å². The molecular formula is C18H21N3O4. The summed E-state index contributed by atoms with van der Waals surface area (Å²) in [6.45, 7) is 3.22. The Morgan fingerprint density at radius 1 is 1.36 bits per heavy atom. The molecule has 132 valence electrons. The first-order valence-electron chi connectivity index (χ1n) is 8.49. The maximum absolute atomic E-state index is 13.0. The van der Waals surface area contributed by atoms with E-state index in [2.05, 4.69) is 16.3 Å². The van der Waals surface area contributed by atoms with Gasteiger partial charge in [0.1, 0.15) is 11.8 Å². The maximum Gasteiger partial charge on any atom is 0.241 e. The van der Waals surface area contributed by atoms with Crippen LogP contribution in [0.2, 0.25) is 0 Å². The summed E-state index contributed by atoms with van der Waals surface area (Å²) < 4.78 is 16.3. The number of ether oxygens (including phenoxy) is 2. The van der Waals surface area contributed by atoms with Crippen molar-refractivity contribution in [2.45, 2.75) is 25.3 Å². The zero-order chi connectivity index (χ0) is 17.4. The average molecular weight is 343 g/mol. The first-order chi connectivity index (χ1) is 12.2. The van der Waals surface area contributed by atoms with Gasteiger partial charge in [-0.05, 0) is 30.0 Å². The number of carbonyl (C=O) groups is 1. The summed E-state index contributed by atoms with van der Waals surface area (Å²) in [5.74, 6) is 2.14. The van der Waals surface area contributed by atoms with Gasteiger partial charge in [-0.25, -0.2) is 0 Å². The number of rotatable bonds is 4. The summed E-state index contributed by atoms with van der Waals surface area (Å²) in [7, 11) is 1.65. The minimum absolute atomic E-state index is 0.00303. The van der Waals surface area contributed by atoms with E-state index in [-0.39, 0.29) is 23.8 Å². The molecule has 2 fully saturated rings. The highest BCUT2D eigenvalue weighted by molar-refractivity contribution is 5.83. The first kappa shape index (κ1) is 16.1. The normalized spacial score (nSPS) is 25.7. The van der Waals surface area contributed by atoms with Crippen LogP contribution >= 0.6 is 0 Å². The summed E-state index contributed by atoms with van der Waals surface area (Å²) in [5, 5.41) is 7.95. The van der Waals surface area contributed by atoms with Gasteiger partial charge < -0.3 is 18.8 Å². The first-order valence-corrected chi connectivity index (χ1v) is 8.49. The molecule has 0 N–H and O–H groups in total. The minimum atomic E-state index is -0.297. The number of carbonyl (C=O) groups excluding carboxylic acids is 1. The lowest BCUT2D eigenvalue weighted by molar-refractivity contribution is -0.142. The molecule has 1 saturated heterocycles. The molecule has 1 saturated carbocycles. The Kier molecular flexibility index (Phi) is 4.17. The van der Waals surface area contributed by atoms with Gasteiger partial charge in [-0.3, -0.25) is 4.79 Å². The van der Waals surface area contributed by atoms with Crippen LogP contribution in [-0.4, -0.2) is 47.9 Å². The molecule has 7 heteroatoms. The van der Waals surface area contributed by atoms with Crippen molar-refractivity contribution in [2.24, 2.45) is 5.92 Å². The van der Waals surface area contributed by atoms with Crippen LogP contribution in [-0.2, 0) is 9.53 Å². The van der Waals surface area contributed by atoms with Gasteiger partial charge >= 0.3 is 0 Å². The van der Waals surface area contributed by atoms with Crippen molar-refractivity contribution < 1.29 is 18.7 Å². The molecule has 2 heterocycles. The Labute approximate surface area is 145 Å². The van der Waals surface area contributed by atoms with Gasteiger partial charge in [0.15, 0.2) is 0 Å². The highest BCUT2D eigenvalue weighted by atomic mass is 16.5. The van der Waals surface area contributed by atoms with E-state index in [1.54, 1.807) is 14.0 Å². The molecule has 1 aromatic carbocycles. The minimum Gasteiger partial charge on any atom is -0.497 e. The van der Waals surface area contributed by atoms with E-state index < -0.39 is 0 Å². The third kappa shape index (κ3) is 3.11. The number of nitrogens with zero attached hydrogens (tertiary/aromatic N) is 3. The summed E-state index contributed by atoms with van der Waals surface area (Å²) >= 11 is 0. The number of aryl methyl sites for hydroxylation is 1. The lowest BCUT2D eigenvalue weighted by Gasteiger charge is -2.33. The van der Waals surface area contributed by atoms with E-state index in [9.17, 15) is 4.79 Å². The van der Waals surface area contributed by atoms with Crippen LogP contribution in [0.1, 0.15) is 35.7 Å². The van der Waals surface area contributed by atoms with Crippen molar-refractivity contribution in [2.75, 3.05) is 26.9 Å². The average Bonchev–Trinajstić information content (AvgIpc) is 3.35. The molecule has 0 unspecified atom stereocenters. The standard InChI is InChI=1S/C18H21N3O4/c1-11-19-20-17(25-11)16-10-24-7-6-21(16)18(22)15-9-14(15)12-4-3-5-13(8-12)23-2/h3-5,8,14-16H,6-7,9-10H2,1-2H3/t14-,15+,16+/m0/s1. The number of aromatic nitrogens is 2. The number of hydrogen-bond donors (Lipinski definition) is 0. The Balaban J connectivity index is 1.50. The lowest BCUT2D eigenvalue weighted by Crippen LogP contribution is -2.44. The molecule has 0 bridgehead atoms. The van der Waals surface area contributed by atoms with Gasteiger partial charge in [0.25, 0.3) is 0 Å². The highest BCUT2D eigenvalue weighted by Crippen LogP contribution is 2.49. The molecule has 7 nitrogen and oxygen atoms in total. The van der Waals surface area contributed by atoms with Crippen LogP contribution in [0.5, 0.6) is 5.75 Å². The van der Waals surface area contributed by atoms with E-state index in [1.807, 2.05) is 23.1 Å². The quantitative estimate of drug-likeness (QED) is 0.846. The van der Waals surface area contributed by atoms with E-state index in [4.69, 9.17) is 13.9 Å². The van der Waals surface area contributed by atoms with Crippen LogP contribution in [0.15, 0.2) is 28.7 Å². The van der Waals surface area contributed by atoms with Crippen LogP contribution in [0, 0.1) is 12.8 Å². The Bertz CT molecular complexity index is 775. The van der Waals surface area contributed by atoms with Crippen molar-refractivity contribution in [3.05, 3.63) is 41.6 Å². The summed E-state index contributed by atoms with van der Waals surface area (Å²) in [6, 6.07) is 7.65. The van der Waals surface area contributed by atoms with Crippen molar-refractivity contribution in [1.29, 1.82) is 0 Å². The molecule has 0 spiro atoms. The zero-order valence-corrected chi connectivity index (χ0v) is 14.3. The van der Waals surface area contributed by atoms with E-state index in [0.717, 1.165) is 17.7 Å². The predicted octanol–water partition coefficient (Wildman–Crippen LogP) is 2.09. The monoisotopic (exact) mass is 343 g/mol. The Hall–Kier alpha value is -2.41. The lowest BCUT2D eigenvalue weighted by atomic mass is 10.1. The molecule has 2 aromatic rings.